The van der Waals surface area contributed by atoms with Gasteiger partial charge in [0.2, 0.25) is 0 Å². The molecule has 0 radical (unpaired) electrons. The van der Waals surface area contributed by atoms with E-state index < -0.39 is 11.4 Å². The number of carbonyl (C=O) groups is 1. The smallest absolute Gasteiger partial charge is 0.314 e. The highest BCUT2D eigenvalue weighted by atomic mass is 79.9. The molecule has 1 aliphatic rings. The molecule has 0 heterocycles. The van der Waals surface area contributed by atoms with Gasteiger partial charge in [0.15, 0.2) is 0 Å². The van der Waals surface area contributed by atoms with Gasteiger partial charge in [-0.1, -0.05) is 22.4 Å². The molecule has 0 spiro atoms. The maximum absolute atomic E-state index is 11.6. The Morgan fingerprint density at radius 2 is 1.72 bits per heavy atom. The highest BCUT2D eigenvalue weighted by Crippen LogP contribution is 2.51. The van der Waals surface area contributed by atoms with Crippen LogP contribution < -0.4 is 0 Å². The van der Waals surface area contributed by atoms with Crippen molar-refractivity contribution in [2.24, 2.45) is 0 Å². The lowest BCUT2D eigenvalue weighted by Gasteiger charge is -2.40. The average Bonchev–Trinajstić information content (AvgIpc) is 2.26. The molecule has 0 bridgehead atoms. The Kier molecular flexibility index (Phi) is 3.18. The molecule has 0 saturated heterocycles. The molecule has 1 saturated carbocycles. The summed E-state index contributed by atoms with van der Waals surface area (Å²) in [6, 6.07) is 0. The summed E-state index contributed by atoms with van der Waals surface area (Å²) < 4.78 is 0.903. The Hall–Kier alpha value is -1.03. The van der Waals surface area contributed by atoms with Crippen LogP contribution in [0.25, 0.3) is 0 Å². The van der Waals surface area contributed by atoms with Crippen molar-refractivity contribution in [3.8, 4) is 5.75 Å². The van der Waals surface area contributed by atoms with E-state index in [1.165, 1.54) is 0 Å². The number of carboxylic acids is 1. The minimum atomic E-state index is -0.894. The summed E-state index contributed by atoms with van der Waals surface area (Å²) in [7, 11) is 0. The molecule has 4 heteroatoms. The van der Waals surface area contributed by atoms with Gasteiger partial charge < -0.3 is 10.2 Å². The number of hydrogen-bond acceptors (Lipinski definition) is 2. The van der Waals surface area contributed by atoms with Crippen molar-refractivity contribution in [2.45, 2.75) is 45.4 Å². The van der Waals surface area contributed by atoms with E-state index >= 15 is 0 Å². The van der Waals surface area contributed by atoms with Crippen LogP contribution in [0, 0.1) is 20.8 Å². The molecule has 1 aliphatic carbocycles. The summed E-state index contributed by atoms with van der Waals surface area (Å²) in [6.07, 6.45) is 2.10. The maximum Gasteiger partial charge on any atom is 0.314 e. The second-order valence-electron chi connectivity index (χ2n) is 5.15. The van der Waals surface area contributed by atoms with Gasteiger partial charge in [-0.2, -0.15) is 0 Å². The summed E-state index contributed by atoms with van der Waals surface area (Å²) in [5.41, 5.74) is 2.27. The van der Waals surface area contributed by atoms with Gasteiger partial charge >= 0.3 is 5.97 Å². The van der Waals surface area contributed by atoms with Crippen LogP contribution in [0.4, 0.5) is 0 Å². The Bertz CT molecular complexity index is 501. The minimum Gasteiger partial charge on any atom is -0.507 e. The molecule has 0 unspecified atom stereocenters. The second-order valence-corrected chi connectivity index (χ2v) is 5.95. The molecular weight excluding hydrogens is 296 g/mol. The maximum atomic E-state index is 11.6. The van der Waals surface area contributed by atoms with Gasteiger partial charge in [-0.15, -0.1) is 0 Å². The lowest BCUT2D eigenvalue weighted by molar-refractivity contribution is -0.147. The SMILES string of the molecule is Cc1c(C)c(Br)c(C)c(C2(C(=O)O)CCC2)c1O. The van der Waals surface area contributed by atoms with Crippen LogP contribution in [0.2, 0.25) is 0 Å². The predicted molar refractivity (Wildman–Crippen MR) is 73.2 cm³/mol. The summed E-state index contributed by atoms with van der Waals surface area (Å²) >= 11 is 3.51. The number of carboxylic acid groups (broad SMARTS) is 1. The largest absolute Gasteiger partial charge is 0.507 e. The van der Waals surface area contributed by atoms with E-state index in [0.717, 1.165) is 27.6 Å². The number of hydrogen-bond donors (Lipinski definition) is 2. The minimum absolute atomic E-state index is 0.148. The molecule has 2 N–H and O–H groups in total. The quantitative estimate of drug-likeness (QED) is 0.877. The van der Waals surface area contributed by atoms with E-state index in [-0.39, 0.29) is 5.75 Å². The first-order valence-corrected chi connectivity index (χ1v) is 6.84. The van der Waals surface area contributed by atoms with Crippen LogP contribution in [0.5, 0.6) is 5.75 Å². The molecule has 1 aromatic rings. The van der Waals surface area contributed by atoms with Gasteiger partial charge in [-0.25, -0.2) is 0 Å². The highest BCUT2D eigenvalue weighted by Gasteiger charge is 2.49. The summed E-state index contributed by atoms with van der Waals surface area (Å²) in [6.45, 7) is 5.62. The molecule has 0 aromatic heterocycles. The van der Waals surface area contributed by atoms with Crippen molar-refractivity contribution in [2.75, 3.05) is 0 Å². The fourth-order valence-corrected chi connectivity index (χ4v) is 3.28. The van der Waals surface area contributed by atoms with E-state index in [9.17, 15) is 15.0 Å². The van der Waals surface area contributed by atoms with Crippen LogP contribution in [0.3, 0.4) is 0 Å². The molecule has 0 amide bonds. The van der Waals surface area contributed by atoms with Crippen LogP contribution in [0.1, 0.15) is 41.5 Å². The molecule has 0 atom stereocenters. The number of phenolic OH excluding ortho intramolecular Hbond substituents is 1. The number of aliphatic carboxylic acids is 1. The zero-order chi connectivity index (χ0) is 13.7. The number of phenols is 1. The normalized spacial score (nSPS) is 17.3. The first-order chi connectivity index (χ1) is 8.33. The van der Waals surface area contributed by atoms with Crippen molar-refractivity contribution >= 4 is 21.9 Å². The Morgan fingerprint density at radius 1 is 1.17 bits per heavy atom. The molecule has 3 nitrogen and oxygen atoms in total. The summed E-state index contributed by atoms with van der Waals surface area (Å²) in [5.74, 6) is -0.683. The van der Waals surface area contributed by atoms with Crippen LogP contribution >= 0.6 is 15.9 Å². The monoisotopic (exact) mass is 312 g/mol. The molecule has 18 heavy (non-hydrogen) atoms. The van der Waals surface area contributed by atoms with Crippen molar-refractivity contribution in [3.63, 3.8) is 0 Å². The molecule has 2 rings (SSSR count). The van der Waals surface area contributed by atoms with Crippen LogP contribution in [-0.4, -0.2) is 16.2 Å². The molecular formula is C14H17BrO3. The highest BCUT2D eigenvalue weighted by molar-refractivity contribution is 9.10. The van der Waals surface area contributed by atoms with Gasteiger partial charge in [-0.3, -0.25) is 4.79 Å². The van der Waals surface area contributed by atoms with E-state index in [2.05, 4.69) is 15.9 Å². The number of rotatable bonds is 2. The Morgan fingerprint density at radius 3 is 2.11 bits per heavy atom. The zero-order valence-electron chi connectivity index (χ0n) is 10.8. The lowest BCUT2D eigenvalue weighted by Crippen LogP contribution is -2.43. The third-order valence-electron chi connectivity index (χ3n) is 4.28. The first-order valence-electron chi connectivity index (χ1n) is 6.05. The Balaban J connectivity index is 2.76. The lowest BCUT2D eigenvalue weighted by atomic mass is 9.62. The third kappa shape index (κ3) is 1.58. The van der Waals surface area contributed by atoms with Crippen molar-refractivity contribution in [1.82, 2.24) is 0 Å². The van der Waals surface area contributed by atoms with Crippen molar-refractivity contribution in [1.29, 1.82) is 0 Å². The fourth-order valence-electron chi connectivity index (χ4n) is 2.79. The van der Waals surface area contributed by atoms with Gasteiger partial charge in [-0.05, 0) is 50.3 Å². The topological polar surface area (TPSA) is 57.5 Å². The fraction of sp³-hybridized carbons (Fsp3) is 0.500. The van der Waals surface area contributed by atoms with Gasteiger partial charge in [0.05, 0.1) is 5.41 Å². The Labute approximate surface area is 115 Å². The zero-order valence-corrected chi connectivity index (χ0v) is 12.4. The molecule has 1 aromatic carbocycles. The number of benzene rings is 1. The van der Waals surface area contributed by atoms with Gasteiger partial charge in [0.1, 0.15) is 5.75 Å². The molecule has 0 aliphatic heterocycles. The number of aromatic hydroxyl groups is 1. The van der Waals surface area contributed by atoms with Gasteiger partial charge in [0.25, 0.3) is 0 Å². The first kappa shape index (κ1) is 13.4. The van der Waals surface area contributed by atoms with E-state index in [4.69, 9.17) is 0 Å². The van der Waals surface area contributed by atoms with Crippen molar-refractivity contribution in [3.05, 3.63) is 26.7 Å². The number of halogens is 1. The molecule has 98 valence electrons. The standard InChI is InChI=1S/C14H17BrO3/c1-7-8(2)12(16)10(9(3)11(7)15)14(13(17)18)5-4-6-14/h16H,4-6H2,1-3H3,(H,17,18). The third-order valence-corrected chi connectivity index (χ3v) is 5.47. The van der Waals surface area contributed by atoms with Crippen LogP contribution in [-0.2, 0) is 10.2 Å². The second kappa shape index (κ2) is 4.26. The van der Waals surface area contributed by atoms with Crippen molar-refractivity contribution < 1.29 is 15.0 Å². The van der Waals surface area contributed by atoms with E-state index in [0.29, 0.717) is 18.4 Å². The predicted octanol–water partition coefficient (Wildman–Crippen LogP) is 3.59. The average molecular weight is 313 g/mol. The van der Waals surface area contributed by atoms with E-state index in [1.54, 1.807) is 0 Å². The summed E-state index contributed by atoms with van der Waals surface area (Å²) in [4.78, 5) is 11.6. The van der Waals surface area contributed by atoms with Crippen LogP contribution in [0.15, 0.2) is 4.47 Å². The molecule has 1 fully saturated rings. The van der Waals surface area contributed by atoms with E-state index in [1.807, 2.05) is 20.8 Å². The summed E-state index contributed by atoms with van der Waals surface area (Å²) in [5, 5.41) is 19.9. The van der Waals surface area contributed by atoms with Gasteiger partial charge in [0, 0.05) is 10.0 Å².